The highest BCUT2D eigenvalue weighted by Crippen LogP contribution is 2.10. The zero-order valence-corrected chi connectivity index (χ0v) is 7.19. The zero-order valence-electron chi connectivity index (χ0n) is 7.19. The molecule has 0 amide bonds. The Morgan fingerprint density at radius 3 is 2.50 bits per heavy atom. The Balaban J connectivity index is 3.21. The summed E-state index contributed by atoms with van der Waals surface area (Å²) in [5.41, 5.74) is 2.73. The van der Waals surface area contributed by atoms with Gasteiger partial charge >= 0.3 is 0 Å². The minimum absolute atomic E-state index is 0.782. The molecule has 0 aliphatic carbocycles. The van der Waals surface area contributed by atoms with Gasteiger partial charge < -0.3 is 0 Å². The largest absolute Gasteiger partial charge is 0.271 e. The topological polar surface area (TPSA) is 38.0 Å². The molecule has 0 aliphatic rings. The molecule has 0 saturated heterocycles. The van der Waals surface area contributed by atoms with Crippen LogP contribution in [0.1, 0.15) is 39.5 Å². The summed E-state index contributed by atoms with van der Waals surface area (Å²) in [4.78, 5) is 0. The molecule has 0 heterocycles. The molecule has 0 fully saturated rings. The Kier molecular flexibility index (Phi) is 6.98. The maximum absolute atomic E-state index is 5.23. The molecule has 0 rings (SSSR count). The van der Waals surface area contributed by atoms with E-state index in [-0.39, 0.29) is 0 Å². The van der Waals surface area contributed by atoms with Crippen molar-refractivity contribution < 1.29 is 0 Å². The first-order chi connectivity index (χ1) is 4.85. The highest BCUT2D eigenvalue weighted by Gasteiger charge is 2.02. The maximum atomic E-state index is 5.23. The number of unbranched alkanes of at least 4 members (excludes halogenated alkanes) is 1. The predicted octanol–water partition coefficient (Wildman–Crippen LogP) is 1.67. The SMILES string of the molecule is CCCC[C@H](CC)CNN. The van der Waals surface area contributed by atoms with Crippen LogP contribution in [0, 0.1) is 5.92 Å². The summed E-state index contributed by atoms with van der Waals surface area (Å²) in [6.07, 6.45) is 5.18. The molecule has 10 heavy (non-hydrogen) atoms. The van der Waals surface area contributed by atoms with E-state index in [1.807, 2.05) is 0 Å². The molecule has 1 atom stereocenters. The molecule has 0 spiro atoms. The van der Waals surface area contributed by atoms with Crippen molar-refractivity contribution in [1.82, 2.24) is 5.43 Å². The van der Waals surface area contributed by atoms with Gasteiger partial charge in [-0.3, -0.25) is 11.3 Å². The molecular weight excluding hydrogens is 124 g/mol. The van der Waals surface area contributed by atoms with Gasteiger partial charge in [0.1, 0.15) is 0 Å². The van der Waals surface area contributed by atoms with E-state index in [9.17, 15) is 0 Å². The summed E-state index contributed by atoms with van der Waals surface area (Å²) in [5, 5.41) is 0. The van der Waals surface area contributed by atoms with Gasteiger partial charge in [0.15, 0.2) is 0 Å². The third-order valence-corrected chi connectivity index (χ3v) is 1.95. The summed E-state index contributed by atoms with van der Waals surface area (Å²) in [6, 6.07) is 0. The third kappa shape index (κ3) is 4.77. The van der Waals surface area contributed by atoms with Crippen LogP contribution < -0.4 is 11.3 Å². The van der Waals surface area contributed by atoms with E-state index >= 15 is 0 Å². The fourth-order valence-corrected chi connectivity index (χ4v) is 1.11. The second kappa shape index (κ2) is 7.03. The molecule has 0 aromatic carbocycles. The molecule has 0 aromatic rings. The highest BCUT2D eigenvalue weighted by molar-refractivity contribution is 4.57. The Morgan fingerprint density at radius 1 is 1.40 bits per heavy atom. The Bertz CT molecular complexity index is 64.3. The van der Waals surface area contributed by atoms with Crippen LogP contribution in [0.5, 0.6) is 0 Å². The van der Waals surface area contributed by atoms with Crippen LogP contribution in [0.15, 0.2) is 0 Å². The van der Waals surface area contributed by atoms with Crippen molar-refractivity contribution in [2.24, 2.45) is 11.8 Å². The van der Waals surface area contributed by atoms with Crippen molar-refractivity contribution >= 4 is 0 Å². The molecular formula is C8H20N2. The van der Waals surface area contributed by atoms with Gasteiger partial charge in [-0.05, 0) is 12.3 Å². The monoisotopic (exact) mass is 144 g/mol. The smallest absolute Gasteiger partial charge is 0.0126 e. The van der Waals surface area contributed by atoms with Crippen molar-refractivity contribution in [3.05, 3.63) is 0 Å². The quantitative estimate of drug-likeness (QED) is 0.439. The van der Waals surface area contributed by atoms with Crippen molar-refractivity contribution in [2.75, 3.05) is 6.54 Å². The molecule has 0 radical (unpaired) electrons. The second-order valence-electron chi connectivity index (χ2n) is 2.82. The normalized spacial score (nSPS) is 13.5. The van der Waals surface area contributed by atoms with Crippen molar-refractivity contribution in [3.8, 4) is 0 Å². The van der Waals surface area contributed by atoms with Gasteiger partial charge in [0.05, 0.1) is 0 Å². The molecule has 62 valence electrons. The van der Waals surface area contributed by atoms with Crippen molar-refractivity contribution in [3.63, 3.8) is 0 Å². The number of hydrogen-bond acceptors (Lipinski definition) is 2. The fraction of sp³-hybridized carbons (Fsp3) is 1.00. The molecule has 0 aliphatic heterocycles. The molecule has 3 N–H and O–H groups in total. The van der Waals surface area contributed by atoms with Crippen LogP contribution in [0.25, 0.3) is 0 Å². The van der Waals surface area contributed by atoms with E-state index in [1.165, 1.54) is 25.7 Å². The average Bonchev–Trinajstić information content (AvgIpc) is 1.98. The number of hydrazine groups is 1. The Hall–Kier alpha value is -0.0800. The standard InChI is InChI=1S/C8H20N2/c1-3-5-6-8(4-2)7-10-9/h8,10H,3-7,9H2,1-2H3/t8-/m0/s1. The summed E-state index contributed by atoms with van der Waals surface area (Å²) >= 11 is 0. The van der Waals surface area contributed by atoms with Crippen LogP contribution in [-0.2, 0) is 0 Å². The Morgan fingerprint density at radius 2 is 2.10 bits per heavy atom. The summed E-state index contributed by atoms with van der Waals surface area (Å²) in [7, 11) is 0. The predicted molar refractivity (Wildman–Crippen MR) is 45.5 cm³/mol. The minimum Gasteiger partial charge on any atom is -0.271 e. The van der Waals surface area contributed by atoms with Gasteiger partial charge in [-0.15, -0.1) is 0 Å². The maximum Gasteiger partial charge on any atom is 0.0126 e. The third-order valence-electron chi connectivity index (χ3n) is 1.95. The van der Waals surface area contributed by atoms with Gasteiger partial charge in [-0.1, -0.05) is 33.1 Å². The molecule has 0 aromatic heterocycles. The van der Waals surface area contributed by atoms with E-state index in [2.05, 4.69) is 19.3 Å². The van der Waals surface area contributed by atoms with Crippen molar-refractivity contribution in [2.45, 2.75) is 39.5 Å². The summed E-state index contributed by atoms with van der Waals surface area (Å²) in [6.45, 7) is 5.41. The fourth-order valence-electron chi connectivity index (χ4n) is 1.11. The first-order valence-corrected chi connectivity index (χ1v) is 4.28. The van der Waals surface area contributed by atoms with Gasteiger partial charge in [0, 0.05) is 6.54 Å². The van der Waals surface area contributed by atoms with Crippen LogP contribution >= 0.6 is 0 Å². The minimum atomic E-state index is 0.782. The van der Waals surface area contributed by atoms with E-state index in [0.29, 0.717) is 0 Å². The van der Waals surface area contributed by atoms with Gasteiger partial charge in [-0.25, -0.2) is 0 Å². The van der Waals surface area contributed by atoms with Crippen LogP contribution in [0.4, 0.5) is 0 Å². The van der Waals surface area contributed by atoms with E-state index in [4.69, 9.17) is 5.84 Å². The number of nitrogens with one attached hydrogen (secondary N) is 1. The van der Waals surface area contributed by atoms with E-state index in [0.717, 1.165) is 12.5 Å². The van der Waals surface area contributed by atoms with Gasteiger partial charge in [-0.2, -0.15) is 0 Å². The lowest BCUT2D eigenvalue weighted by atomic mass is 10.00. The van der Waals surface area contributed by atoms with E-state index < -0.39 is 0 Å². The second-order valence-corrected chi connectivity index (χ2v) is 2.82. The van der Waals surface area contributed by atoms with Crippen LogP contribution in [0.3, 0.4) is 0 Å². The average molecular weight is 144 g/mol. The molecule has 0 bridgehead atoms. The summed E-state index contributed by atoms with van der Waals surface area (Å²) < 4.78 is 0. The number of rotatable bonds is 6. The lowest BCUT2D eigenvalue weighted by Crippen LogP contribution is -2.28. The molecule has 0 saturated carbocycles. The zero-order chi connectivity index (χ0) is 7.82. The Labute approximate surface area is 64.2 Å². The number of nitrogens with two attached hydrogens (primary N) is 1. The van der Waals surface area contributed by atoms with Crippen LogP contribution in [0.2, 0.25) is 0 Å². The molecule has 2 heteroatoms. The lowest BCUT2D eigenvalue weighted by molar-refractivity contribution is 0.424. The molecule has 0 unspecified atom stereocenters. The van der Waals surface area contributed by atoms with Gasteiger partial charge in [0.25, 0.3) is 0 Å². The van der Waals surface area contributed by atoms with Crippen molar-refractivity contribution in [1.29, 1.82) is 0 Å². The van der Waals surface area contributed by atoms with E-state index in [1.54, 1.807) is 0 Å². The first-order valence-electron chi connectivity index (χ1n) is 4.28. The van der Waals surface area contributed by atoms with Crippen LogP contribution in [-0.4, -0.2) is 6.54 Å². The lowest BCUT2D eigenvalue weighted by Gasteiger charge is -2.12. The highest BCUT2D eigenvalue weighted by atomic mass is 15.2. The number of hydrogen-bond donors (Lipinski definition) is 2. The molecule has 2 nitrogen and oxygen atoms in total. The first kappa shape index (κ1) is 9.92. The summed E-state index contributed by atoms with van der Waals surface area (Å²) in [5.74, 6) is 6.01. The van der Waals surface area contributed by atoms with Gasteiger partial charge in [0.2, 0.25) is 0 Å².